The summed E-state index contributed by atoms with van der Waals surface area (Å²) in [6.07, 6.45) is 4.82. The van der Waals surface area contributed by atoms with Crippen molar-refractivity contribution in [3.8, 4) is 0 Å². The molecule has 5 N–H and O–H groups in total. The van der Waals surface area contributed by atoms with E-state index >= 15 is 0 Å². The van der Waals surface area contributed by atoms with Gasteiger partial charge in [0.15, 0.2) is 6.29 Å². The summed E-state index contributed by atoms with van der Waals surface area (Å²) in [7, 11) is 0. The van der Waals surface area contributed by atoms with Crippen LogP contribution in [0.4, 0.5) is 11.4 Å². The van der Waals surface area contributed by atoms with Crippen LogP contribution in [-0.2, 0) is 32.2 Å². The molecule has 49 heavy (non-hydrogen) atoms. The van der Waals surface area contributed by atoms with Crippen molar-refractivity contribution in [3.63, 3.8) is 0 Å². The van der Waals surface area contributed by atoms with Gasteiger partial charge in [0.2, 0.25) is 11.8 Å². The standard InChI is InChI=1S/C40H52N4O5/c1-39(2)20-31-21-40(3,25-39)26-44(31)23-32-19-35(29-15-13-28(24-45)14-16-29)49-38(48-32)30-17-11-27(12-18-30)22-42-36(46)9-6-10-37(47)43-34-8-5-4-7-33(34)41/h4-5,7-8,11-18,31-32,35,38,45H,6,9-10,19-26,41H2,1-3H3,(H,42,46)(H,43,47). The lowest BCUT2D eigenvalue weighted by Crippen LogP contribution is -2.42. The van der Waals surface area contributed by atoms with Crippen LogP contribution in [0.2, 0.25) is 0 Å². The van der Waals surface area contributed by atoms with E-state index in [1.54, 1.807) is 12.1 Å². The Kier molecular flexibility index (Phi) is 10.7. The quantitative estimate of drug-likeness (QED) is 0.160. The Bertz CT molecular complexity index is 1590. The summed E-state index contributed by atoms with van der Waals surface area (Å²) in [5.41, 5.74) is 11.6. The van der Waals surface area contributed by atoms with Gasteiger partial charge >= 0.3 is 0 Å². The first-order valence-corrected chi connectivity index (χ1v) is 17.7. The summed E-state index contributed by atoms with van der Waals surface area (Å²) in [4.78, 5) is 27.5. The molecule has 1 aliphatic carbocycles. The van der Waals surface area contributed by atoms with E-state index in [1.165, 1.54) is 19.3 Å². The number of nitrogen functional groups attached to an aromatic ring is 1. The largest absolute Gasteiger partial charge is 0.397 e. The van der Waals surface area contributed by atoms with Crippen LogP contribution in [0.5, 0.6) is 0 Å². The van der Waals surface area contributed by atoms with Crippen molar-refractivity contribution in [3.05, 3.63) is 95.1 Å². The molecule has 0 spiro atoms. The summed E-state index contributed by atoms with van der Waals surface area (Å²) < 4.78 is 13.3. The van der Waals surface area contributed by atoms with Gasteiger partial charge in [-0.3, -0.25) is 14.5 Å². The molecule has 3 aliphatic rings. The molecule has 6 rings (SSSR count). The van der Waals surface area contributed by atoms with E-state index in [0.717, 1.165) is 41.8 Å². The van der Waals surface area contributed by atoms with E-state index in [2.05, 4.69) is 48.4 Å². The Morgan fingerprint density at radius 2 is 1.59 bits per heavy atom. The van der Waals surface area contributed by atoms with Crippen LogP contribution < -0.4 is 16.4 Å². The van der Waals surface area contributed by atoms with E-state index in [-0.39, 0.29) is 43.5 Å². The number of nitrogens with two attached hydrogens (primary N) is 1. The van der Waals surface area contributed by atoms with E-state index < -0.39 is 6.29 Å². The maximum Gasteiger partial charge on any atom is 0.224 e. The first kappa shape index (κ1) is 35.1. The highest BCUT2D eigenvalue weighted by Crippen LogP contribution is 2.53. The number of nitrogens with zero attached hydrogens (tertiary/aromatic N) is 1. The predicted molar refractivity (Wildman–Crippen MR) is 191 cm³/mol. The molecular weight excluding hydrogens is 616 g/mol. The third-order valence-electron chi connectivity index (χ3n) is 10.4. The van der Waals surface area contributed by atoms with Gasteiger partial charge < -0.3 is 30.9 Å². The van der Waals surface area contributed by atoms with E-state index in [9.17, 15) is 14.7 Å². The van der Waals surface area contributed by atoms with Gasteiger partial charge in [0, 0.05) is 50.5 Å². The molecule has 0 radical (unpaired) electrons. The lowest BCUT2D eigenvalue weighted by Gasteiger charge is -2.41. The topological polar surface area (TPSA) is 126 Å². The Morgan fingerprint density at radius 1 is 0.898 bits per heavy atom. The van der Waals surface area contributed by atoms with Crippen LogP contribution in [0, 0.1) is 10.8 Å². The van der Waals surface area contributed by atoms with Gasteiger partial charge in [-0.05, 0) is 65.3 Å². The van der Waals surface area contributed by atoms with Crippen molar-refractivity contribution < 1.29 is 24.2 Å². The van der Waals surface area contributed by atoms with Gasteiger partial charge in [-0.1, -0.05) is 81.4 Å². The number of ether oxygens (including phenoxy) is 2. The second kappa shape index (κ2) is 15.0. The minimum atomic E-state index is -0.517. The molecule has 9 heteroatoms. The lowest BCUT2D eigenvalue weighted by molar-refractivity contribution is -0.253. The zero-order chi connectivity index (χ0) is 34.6. The molecule has 5 unspecified atom stereocenters. The Labute approximate surface area is 290 Å². The molecule has 9 nitrogen and oxygen atoms in total. The van der Waals surface area contributed by atoms with E-state index in [4.69, 9.17) is 15.2 Å². The Morgan fingerprint density at radius 3 is 2.33 bits per heavy atom. The third kappa shape index (κ3) is 9.08. The summed E-state index contributed by atoms with van der Waals surface area (Å²) in [5.74, 6) is -0.266. The fraction of sp³-hybridized carbons (Fsp3) is 0.500. The number of likely N-dealkylation sites (tertiary alicyclic amines) is 1. The van der Waals surface area contributed by atoms with Crippen LogP contribution in [0.1, 0.15) is 100 Å². The molecule has 2 bridgehead atoms. The summed E-state index contributed by atoms with van der Waals surface area (Å²) in [6.45, 7) is 9.67. The molecule has 2 heterocycles. The summed E-state index contributed by atoms with van der Waals surface area (Å²) >= 11 is 0. The number of carbonyl (C=O) groups is 2. The zero-order valence-electron chi connectivity index (χ0n) is 29.1. The number of aliphatic hydroxyl groups excluding tert-OH is 1. The number of fused-ring (bicyclic) bond motifs is 2. The van der Waals surface area contributed by atoms with Crippen molar-refractivity contribution in [2.75, 3.05) is 24.1 Å². The number of anilines is 2. The number of para-hydroxylation sites is 2. The molecule has 2 saturated heterocycles. The number of nitrogens with one attached hydrogen (secondary N) is 2. The van der Waals surface area contributed by atoms with Crippen LogP contribution in [-0.4, -0.2) is 47.1 Å². The molecule has 0 aromatic heterocycles. The Hall–Kier alpha value is -3.76. The molecule has 3 aromatic rings. The van der Waals surface area contributed by atoms with E-state index in [1.807, 2.05) is 48.5 Å². The van der Waals surface area contributed by atoms with Crippen LogP contribution >= 0.6 is 0 Å². The van der Waals surface area contributed by atoms with Crippen LogP contribution in [0.3, 0.4) is 0 Å². The molecule has 5 atom stereocenters. The third-order valence-corrected chi connectivity index (χ3v) is 10.4. The number of aliphatic hydroxyl groups is 1. The van der Waals surface area contributed by atoms with Crippen LogP contribution in [0.25, 0.3) is 0 Å². The highest BCUT2D eigenvalue weighted by molar-refractivity contribution is 5.93. The Balaban J connectivity index is 1.04. The second-order valence-electron chi connectivity index (χ2n) is 15.5. The zero-order valence-corrected chi connectivity index (χ0v) is 29.1. The molecule has 2 aliphatic heterocycles. The average molecular weight is 669 g/mol. The number of carbonyl (C=O) groups excluding carboxylic acids is 2. The fourth-order valence-electron chi connectivity index (χ4n) is 8.40. The lowest BCUT2D eigenvalue weighted by atomic mass is 9.65. The van der Waals surface area contributed by atoms with Crippen molar-refractivity contribution in [1.82, 2.24) is 10.2 Å². The van der Waals surface area contributed by atoms with Crippen molar-refractivity contribution in [1.29, 1.82) is 0 Å². The number of hydrogen-bond donors (Lipinski definition) is 4. The molecule has 1 saturated carbocycles. The minimum absolute atomic E-state index is 0.0124. The van der Waals surface area contributed by atoms with Gasteiger partial charge in [0.1, 0.15) is 0 Å². The van der Waals surface area contributed by atoms with Crippen molar-refractivity contribution in [2.24, 2.45) is 10.8 Å². The predicted octanol–water partition coefficient (Wildman–Crippen LogP) is 6.63. The maximum absolute atomic E-state index is 12.5. The molecular formula is C40H52N4O5. The number of amides is 2. The van der Waals surface area contributed by atoms with Gasteiger partial charge in [-0.2, -0.15) is 0 Å². The summed E-state index contributed by atoms with van der Waals surface area (Å²) in [6, 6.07) is 23.8. The minimum Gasteiger partial charge on any atom is -0.397 e. The van der Waals surface area contributed by atoms with Crippen molar-refractivity contribution >= 4 is 23.2 Å². The highest BCUT2D eigenvalue weighted by Gasteiger charge is 2.50. The first-order chi connectivity index (χ1) is 23.5. The maximum atomic E-state index is 12.5. The number of benzene rings is 3. The number of hydrogen-bond acceptors (Lipinski definition) is 7. The summed E-state index contributed by atoms with van der Waals surface area (Å²) in [5, 5.41) is 15.3. The first-order valence-electron chi connectivity index (χ1n) is 17.7. The monoisotopic (exact) mass is 668 g/mol. The number of rotatable bonds is 12. The van der Waals surface area contributed by atoms with E-state index in [0.29, 0.717) is 41.2 Å². The molecule has 262 valence electrons. The molecule has 2 amide bonds. The smallest absolute Gasteiger partial charge is 0.224 e. The van der Waals surface area contributed by atoms with Crippen molar-refractivity contribution in [2.45, 2.75) is 103 Å². The molecule has 3 fully saturated rings. The van der Waals surface area contributed by atoms with Gasteiger partial charge in [0.05, 0.1) is 30.2 Å². The van der Waals surface area contributed by atoms with Gasteiger partial charge in [0.25, 0.3) is 0 Å². The fourth-order valence-corrected chi connectivity index (χ4v) is 8.40. The van der Waals surface area contributed by atoms with Gasteiger partial charge in [-0.25, -0.2) is 0 Å². The normalized spacial score (nSPS) is 26.3. The SMILES string of the molecule is CC1(C)CC2CC(C)(CN2CC2CC(c3ccc(CO)cc3)OC(c3ccc(CNC(=O)CCCC(=O)Nc4ccccc4N)cc3)O2)C1. The van der Waals surface area contributed by atoms with Crippen LogP contribution in [0.15, 0.2) is 72.8 Å². The average Bonchev–Trinajstić information content (AvgIpc) is 3.31. The highest BCUT2D eigenvalue weighted by atomic mass is 16.7. The molecule has 3 aromatic carbocycles. The van der Waals surface area contributed by atoms with Gasteiger partial charge in [-0.15, -0.1) is 0 Å². The second-order valence-corrected chi connectivity index (χ2v) is 15.5.